The molecule has 0 bridgehead atoms. The second-order valence-electron chi connectivity index (χ2n) is 2.42. The van der Waals surface area contributed by atoms with Crippen molar-refractivity contribution in [2.45, 2.75) is 18.9 Å². The van der Waals surface area contributed by atoms with Gasteiger partial charge in [0.25, 0.3) is 0 Å². The summed E-state index contributed by atoms with van der Waals surface area (Å²) in [6, 6.07) is 0.488. The maximum absolute atomic E-state index is 10.8. The number of carbonyl (C=O) groups excluding carboxylic acids is 1. The van der Waals surface area contributed by atoms with Crippen molar-refractivity contribution in [1.82, 2.24) is 5.32 Å². The van der Waals surface area contributed by atoms with Gasteiger partial charge in [0, 0.05) is 19.0 Å². The topological polar surface area (TPSA) is 29.1 Å². The Balaban J connectivity index is 2.15. The van der Waals surface area contributed by atoms with Gasteiger partial charge in [-0.15, -0.1) is 0 Å². The quantitative estimate of drug-likeness (QED) is 0.471. The number of ketones is 1. The minimum atomic E-state index is 0.397. The number of fused-ring (bicyclic) bond motifs is 1. The predicted molar refractivity (Wildman–Crippen MR) is 29.3 cm³/mol. The summed E-state index contributed by atoms with van der Waals surface area (Å²) in [7, 11) is 0. The summed E-state index contributed by atoms with van der Waals surface area (Å²) in [5.41, 5.74) is 0. The third kappa shape index (κ3) is 0.388. The van der Waals surface area contributed by atoms with E-state index < -0.39 is 0 Å². The Kier molecular flexibility index (Phi) is 0.742. The van der Waals surface area contributed by atoms with Gasteiger partial charge in [-0.05, 0) is 6.42 Å². The van der Waals surface area contributed by atoms with E-state index >= 15 is 0 Å². The molecule has 0 aromatic heterocycles. The molecule has 2 nitrogen and oxygen atoms in total. The van der Waals surface area contributed by atoms with Crippen LogP contribution in [-0.4, -0.2) is 18.4 Å². The van der Waals surface area contributed by atoms with Gasteiger partial charge in [-0.3, -0.25) is 4.79 Å². The van der Waals surface area contributed by atoms with Gasteiger partial charge in [0.05, 0.1) is 5.92 Å². The van der Waals surface area contributed by atoms with Crippen molar-refractivity contribution in [2.75, 3.05) is 6.54 Å². The molecule has 0 aromatic carbocycles. The lowest BCUT2D eigenvalue weighted by Crippen LogP contribution is -2.49. The average molecular weight is 110 g/mol. The van der Waals surface area contributed by atoms with Gasteiger partial charge in [-0.25, -0.2) is 0 Å². The van der Waals surface area contributed by atoms with Crippen molar-refractivity contribution in [3.63, 3.8) is 0 Å². The molecule has 43 valence electrons. The zero-order chi connectivity index (χ0) is 5.56. The Morgan fingerprint density at radius 2 is 2.50 bits per heavy atom. The van der Waals surface area contributed by atoms with Crippen LogP contribution < -0.4 is 5.32 Å². The lowest BCUT2D eigenvalue weighted by atomic mass is 9.95. The highest BCUT2D eigenvalue weighted by atomic mass is 16.1. The molecule has 0 amide bonds. The van der Waals surface area contributed by atoms with Crippen LogP contribution in [-0.2, 0) is 4.79 Å². The molecule has 1 N–H and O–H groups in total. The summed E-state index contributed by atoms with van der Waals surface area (Å²) in [6.45, 7) is 0.865. The highest BCUT2D eigenvalue weighted by Crippen LogP contribution is 2.29. The monoisotopic (exact) mass is 110 g/mol. The van der Waals surface area contributed by atoms with Gasteiger partial charge < -0.3 is 5.32 Å². The minimum Gasteiger partial charge on any atom is -0.312 e. The molecule has 1 heterocycles. The van der Waals surface area contributed by atoms with Gasteiger partial charge in [0.15, 0.2) is 0 Å². The Morgan fingerprint density at radius 1 is 1.62 bits per heavy atom. The van der Waals surface area contributed by atoms with Crippen LogP contribution >= 0.6 is 0 Å². The molecule has 0 spiro atoms. The van der Waals surface area contributed by atoms with E-state index in [1.165, 1.54) is 0 Å². The molecule has 1 atom stereocenters. The number of rotatable bonds is 0. The molecule has 2 heteroatoms. The van der Waals surface area contributed by atoms with Crippen molar-refractivity contribution in [1.29, 1.82) is 0 Å². The Bertz CT molecular complexity index is 132. The second-order valence-corrected chi connectivity index (χ2v) is 2.42. The zero-order valence-electron chi connectivity index (χ0n) is 4.61. The first kappa shape index (κ1) is 4.50. The van der Waals surface area contributed by atoms with Crippen molar-refractivity contribution in [3.05, 3.63) is 5.92 Å². The van der Waals surface area contributed by atoms with E-state index in [0.29, 0.717) is 11.8 Å². The highest BCUT2D eigenvalue weighted by Gasteiger charge is 2.41. The summed E-state index contributed by atoms with van der Waals surface area (Å²) >= 11 is 0. The van der Waals surface area contributed by atoms with Crippen LogP contribution in [0, 0.1) is 5.92 Å². The van der Waals surface area contributed by atoms with Gasteiger partial charge in [-0.2, -0.15) is 0 Å². The van der Waals surface area contributed by atoms with Crippen LogP contribution in [0.4, 0.5) is 0 Å². The maximum atomic E-state index is 10.8. The fraction of sp³-hybridized carbons (Fsp3) is 0.667. The molecule has 2 rings (SSSR count). The first-order valence-corrected chi connectivity index (χ1v) is 3.00. The molecule has 1 aliphatic carbocycles. The van der Waals surface area contributed by atoms with Crippen molar-refractivity contribution >= 4 is 5.78 Å². The lowest BCUT2D eigenvalue weighted by Gasteiger charge is -2.29. The van der Waals surface area contributed by atoms with Crippen LogP contribution in [0.3, 0.4) is 0 Å². The Hall–Kier alpha value is -0.370. The van der Waals surface area contributed by atoms with E-state index in [4.69, 9.17) is 0 Å². The van der Waals surface area contributed by atoms with Gasteiger partial charge in [0.2, 0.25) is 0 Å². The van der Waals surface area contributed by atoms with E-state index in [1.807, 2.05) is 0 Å². The molecular formula is C6H8NO. The fourth-order valence-electron chi connectivity index (χ4n) is 1.35. The summed E-state index contributed by atoms with van der Waals surface area (Å²) < 4.78 is 0. The normalized spacial score (nSPS) is 37.0. The Labute approximate surface area is 48.3 Å². The molecule has 1 aliphatic heterocycles. The van der Waals surface area contributed by atoms with E-state index in [2.05, 4.69) is 5.32 Å². The number of hydrogen-bond donors (Lipinski definition) is 1. The molecule has 0 aromatic rings. The third-order valence-corrected chi connectivity index (χ3v) is 1.98. The van der Waals surface area contributed by atoms with Crippen molar-refractivity contribution < 1.29 is 4.79 Å². The van der Waals surface area contributed by atoms with E-state index in [0.717, 1.165) is 25.3 Å². The Morgan fingerprint density at radius 3 is 2.75 bits per heavy atom. The van der Waals surface area contributed by atoms with E-state index in [9.17, 15) is 4.79 Å². The summed E-state index contributed by atoms with van der Waals surface area (Å²) in [5, 5.41) is 3.18. The summed E-state index contributed by atoms with van der Waals surface area (Å²) in [6.07, 6.45) is 1.83. The van der Waals surface area contributed by atoms with Crippen LogP contribution in [0.5, 0.6) is 0 Å². The third-order valence-electron chi connectivity index (χ3n) is 1.98. The first-order valence-electron chi connectivity index (χ1n) is 3.00. The molecular weight excluding hydrogens is 102 g/mol. The number of Topliss-reactive ketones (excluding diaryl/α,β-unsaturated/α-hetero) is 1. The molecule has 2 aliphatic rings. The molecule has 1 unspecified atom stereocenters. The zero-order valence-corrected chi connectivity index (χ0v) is 4.61. The minimum absolute atomic E-state index is 0.397. The van der Waals surface area contributed by atoms with E-state index in [1.54, 1.807) is 0 Å². The summed E-state index contributed by atoms with van der Waals surface area (Å²) in [5.74, 6) is 1.54. The van der Waals surface area contributed by atoms with Crippen LogP contribution in [0.15, 0.2) is 0 Å². The number of carbonyl (C=O) groups is 1. The fourth-order valence-corrected chi connectivity index (χ4v) is 1.35. The lowest BCUT2D eigenvalue weighted by molar-refractivity contribution is -0.116. The molecule has 1 radical (unpaired) electrons. The highest BCUT2D eigenvalue weighted by molar-refractivity contribution is 5.97. The summed E-state index contributed by atoms with van der Waals surface area (Å²) in [4.78, 5) is 10.8. The predicted octanol–water partition coefficient (Wildman–Crippen LogP) is -0.104. The molecule has 1 saturated carbocycles. The van der Waals surface area contributed by atoms with E-state index in [-0.39, 0.29) is 0 Å². The maximum Gasteiger partial charge on any atom is 0.143 e. The smallest absolute Gasteiger partial charge is 0.143 e. The van der Waals surface area contributed by atoms with Crippen LogP contribution in [0.25, 0.3) is 0 Å². The number of nitrogens with one attached hydrogen (secondary N) is 1. The van der Waals surface area contributed by atoms with Crippen molar-refractivity contribution in [3.8, 4) is 0 Å². The molecule has 1 saturated heterocycles. The standard InChI is InChI=1S/C6H8NO/c8-6-2-1-5-4(6)3-7-5/h5,7H,1-3H2. The molecule has 2 fully saturated rings. The second kappa shape index (κ2) is 1.32. The van der Waals surface area contributed by atoms with Gasteiger partial charge in [-0.1, -0.05) is 0 Å². The number of hydrogen-bond acceptors (Lipinski definition) is 2. The van der Waals surface area contributed by atoms with Gasteiger partial charge >= 0.3 is 0 Å². The largest absolute Gasteiger partial charge is 0.312 e. The van der Waals surface area contributed by atoms with Crippen LogP contribution in [0.1, 0.15) is 12.8 Å². The van der Waals surface area contributed by atoms with Crippen molar-refractivity contribution in [2.24, 2.45) is 0 Å². The van der Waals surface area contributed by atoms with Gasteiger partial charge in [0.1, 0.15) is 5.78 Å². The average Bonchev–Trinajstić information content (AvgIpc) is 1.80. The first-order chi connectivity index (χ1) is 3.88. The molecule has 8 heavy (non-hydrogen) atoms. The van der Waals surface area contributed by atoms with Crippen LogP contribution in [0.2, 0.25) is 0 Å². The SMILES string of the molecule is O=C1CCC2NC[C]12.